The highest BCUT2D eigenvalue weighted by Crippen LogP contribution is 2.21. The Kier molecular flexibility index (Phi) is 8.47. The topological polar surface area (TPSA) is 40.1 Å². The molecule has 26 heavy (non-hydrogen) atoms. The van der Waals surface area contributed by atoms with Gasteiger partial charge in [0.1, 0.15) is 5.75 Å². The molecule has 2 aliphatic heterocycles. The SMILES string of the molecule is CCOc1ccc(CNC(=NC)N2CCC(N3CCCC3)C2)cc1C.I. The fraction of sp³-hybridized carbons (Fsp3) is 0.650. The molecule has 0 saturated carbocycles. The van der Waals surface area contributed by atoms with Crippen molar-refractivity contribution < 1.29 is 4.74 Å². The number of nitrogens with zero attached hydrogens (tertiary/aromatic N) is 3. The van der Waals surface area contributed by atoms with Crippen molar-refractivity contribution in [2.75, 3.05) is 39.8 Å². The molecular formula is C20H33IN4O. The Labute approximate surface area is 175 Å². The van der Waals surface area contributed by atoms with Gasteiger partial charge in [-0.15, -0.1) is 24.0 Å². The summed E-state index contributed by atoms with van der Waals surface area (Å²) in [6.07, 6.45) is 3.98. The second kappa shape index (κ2) is 10.3. The van der Waals surface area contributed by atoms with Crippen molar-refractivity contribution in [1.82, 2.24) is 15.1 Å². The van der Waals surface area contributed by atoms with Crippen molar-refractivity contribution in [2.45, 2.75) is 45.7 Å². The lowest BCUT2D eigenvalue weighted by Gasteiger charge is -2.25. The smallest absolute Gasteiger partial charge is 0.193 e. The first-order chi connectivity index (χ1) is 12.2. The van der Waals surface area contributed by atoms with Crippen molar-refractivity contribution in [3.05, 3.63) is 29.3 Å². The molecule has 146 valence electrons. The van der Waals surface area contributed by atoms with Crippen molar-refractivity contribution in [1.29, 1.82) is 0 Å². The monoisotopic (exact) mass is 472 g/mol. The first-order valence-corrected chi connectivity index (χ1v) is 9.63. The van der Waals surface area contributed by atoms with Gasteiger partial charge in [0.15, 0.2) is 5.96 Å². The molecule has 1 atom stereocenters. The highest BCUT2D eigenvalue weighted by molar-refractivity contribution is 14.0. The van der Waals surface area contributed by atoms with E-state index in [9.17, 15) is 0 Å². The number of hydrogen-bond donors (Lipinski definition) is 1. The summed E-state index contributed by atoms with van der Waals surface area (Å²) in [5.41, 5.74) is 2.45. The van der Waals surface area contributed by atoms with Gasteiger partial charge in [-0.05, 0) is 63.4 Å². The Morgan fingerprint density at radius 3 is 2.69 bits per heavy atom. The summed E-state index contributed by atoms with van der Waals surface area (Å²) >= 11 is 0. The van der Waals surface area contributed by atoms with Crippen molar-refractivity contribution >= 4 is 29.9 Å². The Hall–Kier alpha value is -1.02. The third-order valence-electron chi connectivity index (χ3n) is 5.32. The van der Waals surface area contributed by atoms with E-state index in [4.69, 9.17) is 4.74 Å². The van der Waals surface area contributed by atoms with E-state index in [1.54, 1.807) is 0 Å². The number of benzene rings is 1. The van der Waals surface area contributed by atoms with Crippen LogP contribution >= 0.6 is 24.0 Å². The van der Waals surface area contributed by atoms with E-state index in [0.717, 1.165) is 31.3 Å². The zero-order valence-electron chi connectivity index (χ0n) is 16.3. The molecule has 2 fully saturated rings. The molecule has 0 radical (unpaired) electrons. The second-order valence-corrected chi connectivity index (χ2v) is 7.07. The zero-order valence-corrected chi connectivity index (χ0v) is 18.7. The van der Waals surface area contributed by atoms with Crippen LogP contribution in [0.1, 0.15) is 37.3 Å². The van der Waals surface area contributed by atoms with E-state index in [1.807, 2.05) is 14.0 Å². The van der Waals surface area contributed by atoms with Gasteiger partial charge in [-0.2, -0.15) is 0 Å². The Bertz CT molecular complexity index is 601. The number of hydrogen-bond acceptors (Lipinski definition) is 3. The molecule has 1 N–H and O–H groups in total. The number of aliphatic imine (C=N–C) groups is 1. The molecule has 1 unspecified atom stereocenters. The summed E-state index contributed by atoms with van der Waals surface area (Å²) in [5.74, 6) is 2.00. The highest BCUT2D eigenvalue weighted by Gasteiger charge is 2.30. The number of guanidine groups is 1. The Morgan fingerprint density at radius 2 is 2.04 bits per heavy atom. The maximum absolute atomic E-state index is 5.62. The summed E-state index contributed by atoms with van der Waals surface area (Å²) in [5, 5.41) is 3.53. The lowest BCUT2D eigenvalue weighted by atomic mass is 10.1. The van der Waals surface area contributed by atoms with Gasteiger partial charge >= 0.3 is 0 Å². The van der Waals surface area contributed by atoms with Gasteiger partial charge in [-0.3, -0.25) is 9.89 Å². The van der Waals surface area contributed by atoms with Crippen LogP contribution in [0.2, 0.25) is 0 Å². The van der Waals surface area contributed by atoms with Crippen LogP contribution in [-0.2, 0) is 6.54 Å². The third kappa shape index (κ3) is 5.25. The first-order valence-electron chi connectivity index (χ1n) is 9.63. The van der Waals surface area contributed by atoms with Crippen LogP contribution in [0.3, 0.4) is 0 Å². The molecule has 2 aliphatic rings. The molecule has 0 bridgehead atoms. The Morgan fingerprint density at radius 1 is 1.27 bits per heavy atom. The molecule has 0 amide bonds. The molecule has 2 heterocycles. The quantitative estimate of drug-likeness (QED) is 0.406. The Balaban J connectivity index is 0.00000243. The lowest BCUT2D eigenvalue weighted by molar-refractivity contribution is 0.249. The van der Waals surface area contributed by atoms with E-state index < -0.39 is 0 Å². The van der Waals surface area contributed by atoms with Gasteiger partial charge in [-0.1, -0.05) is 12.1 Å². The van der Waals surface area contributed by atoms with E-state index in [0.29, 0.717) is 12.6 Å². The average molecular weight is 472 g/mol. The molecule has 1 aromatic rings. The molecule has 5 nitrogen and oxygen atoms in total. The van der Waals surface area contributed by atoms with Crippen molar-refractivity contribution in [3.63, 3.8) is 0 Å². The van der Waals surface area contributed by atoms with Gasteiger partial charge < -0.3 is 15.0 Å². The van der Waals surface area contributed by atoms with E-state index in [-0.39, 0.29) is 24.0 Å². The van der Waals surface area contributed by atoms with Crippen molar-refractivity contribution in [2.24, 2.45) is 4.99 Å². The fourth-order valence-electron chi connectivity index (χ4n) is 3.99. The third-order valence-corrected chi connectivity index (χ3v) is 5.32. The molecule has 3 rings (SSSR count). The number of nitrogens with one attached hydrogen (secondary N) is 1. The van der Waals surface area contributed by atoms with Crippen LogP contribution in [0.25, 0.3) is 0 Å². The van der Waals surface area contributed by atoms with Crippen LogP contribution in [0.15, 0.2) is 23.2 Å². The molecule has 0 spiro atoms. The van der Waals surface area contributed by atoms with Gasteiger partial charge in [0, 0.05) is 32.7 Å². The number of halogens is 1. The normalized spacial score (nSPS) is 21.0. The van der Waals surface area contributed by atoms with E-state index in [1.165, 1.54) is 43.5 Å². The molecule has 6 heteroatoms. The van der Waals surface area contributed by atoms with Crippen LogP contribution < -0.4 is 10.1 Å². The largest absolute Gasteiger partial charge is 0.494 e. The molecule has 1 aromatic carbocycles. The summed E-state index contributed by atoms with van der Waals surface area (Å²) in [6.45, 7) is 10.4. The van der Waals surface area contributed by atoms with Gasteiger partial charge in [-0.25, -0.2) is 0 Å². The van der Waals surface area contributed by atoms with Crippen LogP contribution in [-0.4, -0.2) is 61.6 Å². The number of likely N-dealkylation sites (tertiary alicyclic amines) is 2. The molecular weight excluding hydrogens is 439 g/mol. The molecule has 0 aromatic heterocycles. The predicted octanol–water partition coefficient (Wildman–Crippen LogP) is 3.26. The maximum Gasteiger partial charge on any atom is 0.193 e. The fourth-order valence-corrected chi connectivity index (χ4v) is 3.99. The predicted molar refractivity (Wildman–Crippen MR) is 119 cm³/mol. The van der Waals surface area contributed by atoms with E-state index in [2.05, 4.69) is 45.2 Å². The van der Waals surface area contributed by atoms with Gasteiger partial charge in [0.25, 0.3) is 0 Å². The minimum atomic E-state index is 0. The minimum Gasteiger partial charge on any atom is -0.494 e. The van der Waals surface area contributed by atoms with Crippen LogP contribution in [0.5, 0.6) is 5.75 Å². The molecule has 2 saturated heterocycles. The highest BCUT2D eigenvalue weighted by atomic mass is 127. The summed E-state index contributed by atoms with van der Waals surface area (Å²) in [7, 11) is 1.88. The maximum atomic E-state index is 5.62. The van der Waals surface area contributed by atoms with Crippen LogP contribution in [0, 0.1) is 6.92 Å². The molecule has 0 aliphatic carbocycles. The van der Waals surface area contributed by atoms with Gasteiger partial charge in [0.2, 0.25) is 0 Å². The summed E-state index contributed by atoms with van der Waals surface area (Å²) in [4.78, 5) is 9.57. The average Bonchev–Trinajstić information content (AvgIpc) is 3.29. The standard InChI is InChI=1S/C20H32N4O.HI/c1-4-25-19-8-7-17(13-16(19)2)14-22-20(21-3)24-12-9-18(15-24)23-10-5-6-11-23;/h7-8,13,18H,4-6,9-12,14-15H2,1-3H3,(H,21,22);1H. The number of aryl methyl sites for hydroxylation is 1. The summed E-state index contributed by atoms with van der Waals surface area (Å²) < 4.78 is 5.62. The second-order valence-electron chi connectivity index (χ2n) is 7.07. The first kappa shape index (κ1) is 21.3. The summed E-state index contributed by atoms with van der Waals surface area (Å²) in [6, 6.07) is 7.10. The van der Waals surface area contributed by atoms with Gasteiger partial charge in [0.05, 0.1) is 6.61 Å². The van der Waals surface area contributed by atoms with E-state index >= 15 is 0 Å². The lowest BCUT2D eigenvalue weighted by Crippen LogP contribution is -2.42. The zero-order chi connectivity index (χ0) is 17.6. The number of ether oxygens (including phenoxy) is 1. The van der Waals surface area contributed by atoms with Crippen LogP contribution in [0.4, 0.5) is 0 Å². The number of rotatable bonds is 5. The van der Waals surface area contributed by atoms with Crippen molar-refractivity contribution in [3.8, 4) is 5.75 Å². The minimum absolute atomic E-state index is 0.